The van der Waals surface area contributed by atoms with E-state index >= 15 is 0 Å². The van der Waals surface area contributed by atoms with Crippen molar-refractivity contribution in [1.82, 2.24) is 0 Å². The van der Waals surface area contributed by atoms with Crippen LogP contribution in [0.25, 0.3) is 0 Å². The van der Waals surface area contributed by atoms with Crippen molar-refractivity contribution in [3.8, 4) is 0 Å². The monoisotopic (exact) mass is 596 g/mol. The fourth-order valence-corrected chi connectivity index (χ4v) is 12.5. The van der Waals surface area contributed by atoms with Gasteiger partial charge in [-0.15, -0.1) is 0 Å². The van der Waals surface area contributed by atoms with Crippen molar-refractivity contribution in [3.05, 3.63) is 0 Å². The highest BCUT2D eigenvalue weighted by Crippen LogP contribution is 2.77. The molecule has 3 fully saturated rings. The average Bonchev–Trinajstić information content (AvgIpc) is 3.00. The molecule has 0 N–H and O–H groups in total. The molecule has 1 heterocycles. The van der Waals surface area contributed by atoms with Gasteiger partial charge in [-0.2, -0.15) is 0 Å². The number of carbonyl (C=O) groups excluding carboxylic acids is 1. The van der Waals surface area contributed by atoms with E-state index in [1.807, 2.05) is 0 Å². The molecular formula is C23H42Br2O4Si2. The molecule has 0 aromatic rings. The van der Waals surface area contributed by atoms with E-state index in [4.69, 9.17) is 13.6 Å². The third-order valence-electron chi connectivity index (χ3n) is 9.16. The fourth-order valence-electron chi connectivity index (χ4n) is 5.77. The summed E-state index contributed by atoms with van der Waals surface area (Å²) in [4.78, 5) is 13.7. The van der Waals surface area contributed by atoms with Crippen LogP contribution in [0.3, 0.4) is 0 Å². The molecule has 0 amide bonds. The second-order valence-corrected chi connectivity index (χ2v) is 25.1. The smallest absolute Gasteiger partial charge is 0.338 e. The molecular weight excluding hydrogens is 556 g/mol. The second kappa shape index (κ2) is 7.64. The first-order valence-electron chi connectivity index (χ1n) is 11.9. The summed E-state index contributed by atoms with van der Waals surface area (Å²) < 4.78 is 20.0. The van der Waals surface area contributed by atoms with Gasteiger partial charge < -0.3 is 13.6 Å². The van der Waals surface area contributed by atoms with Crippen molar-refractivity contribution in [2.75, 3.05) is 0 Å². The van der Waals surface area contributed by atoms with Crippen LogP contribution in [0, 0.1) is 11.8 Å². The lowest BCUT2D eigenvalue weighted by atomic mass is 9.69. The largest absolute Gasteiger partial charge is 0.457 e. The molecule has 180 valence electrons. The predicted octanol–water partition coefficient (Wildman–Crippen LogP) is 7.37. The van der Waals surface area contributed by atoms with Gasteiger partial charge in [-0.3, -0.25) is 0 Å². The first-order chi connectivity index (χ1) is 13.9. The lowest BCUT2D eigenvalue weighted by Crippen LogP contribution is -2.60. The van der Waals surface area contributed by atoms with E-state index < -0.39 is 33.4 Å². The Morgan fingerprint density at radius 1 is 1.03 bits per heavy atom. The first kappa shape index (κ1) is 26.4. The van der Waals surface area contributed by atoms with Gasteiger partial charge in [0.05, 0.1) is 5.60 Å². The summed E-state index contributed by atoms with van der Waals surface area (Å²) in [7, 11) is -4.15. The minimum Gasteiger partial charge on any atom is -0.457 e. The molecule has 0 radical (unpaired) electrons. The van der Waals surface area contributed by atoms with Gasteiger partial charge in [0.15, 0.2) is 22.2 Å². The quantitative estimate of drug-likeness (QED) is 0.175. The SMILES string of the molecule is CC[Si](CC)(CC)O[C@]12CC3(O[Si](C)(C)C(C)(C)C)C(C[C@H]1C(C)(C)OC2=O)C3(Br)Br. The summed E-state index contributed by atoms with van der Waals surface area (Å²) in [6.45, 7) is 22.2. The number of fused-ring (bicyclic) bond motifs is 2. The van der Waals surface area contributed by atoms with Gasteiger partial charge in [-0.1, -0.05) is 73.4 Å². The van der Waals surface area contributed by atoms with Crippen LogP contribution in [0.15, 0.2) is 0 Å². The Morgan fingerprint density at radius 2 is 1.55 bits per heavy atom. The van der Waals surface area contributed by atoms with E-state index in [1.165, 1.54) is 0 Å². The number of halogens is 2. The summed E-state index contributed by atoms with van der Waals surface area (Å²) in [5.74, 6) is 0.141. The van der Waals surface area contributed by atoms with Gasteiger partial charge in [0, 0.05) is 18.3 Å². The molecule has 1 aliphatic heterocycles. The minimum atomic E-state index is -2.09. The van der Waals surface area contributed by atoms with Gasteiger partial charge in [-0.25, -0.2) is 4.79 Å². The van der Waals surface area contributed by atoms with Crippen molar-refractivity contribution in [2.24, 2.45) is 11.8 Å². The highest BCUT2D eigenvalue weighted by atomic mass is 79.9. The topological polar surface area (TPSA) is 44.8 Å². The summed E-state index contributed by atoms with van der Waals surface area (Å²) in [5.41, 5.74) is -1.91. The number of esters is 1. The molecule has 4 nitrogen and oxygen atoms in total. The Hall–Kier alpha value is 0.784. The molecule has 3 rings (SSSR count). The average molecular weight is 599 g/mol. The zero-order valence-electron chi connectivity index (χ0n) is 21.1. The standard InChI is InChI=1S/C23H42Br2O4Si2/c1-11-31(12-2,13-3)28-21-15-22(29-30(9,10)19(4,5)6)17(23(22,24)25)14-16(21)20(7,8)27-18(21)26/h16-17H,11-15H2,1-10H3/t16-,17?,21+,22?/m0/s1. The molecule has 1 saturated heterocycles. The van der Waals surface area contributed by atoms with Crippen molar-refractivity contribution < 1.29 is 18.4 Å². The highest BCUT2D eigenvalue weighted by Gasteiger charge is 2.85. The van der Waals surface area contributed by atoms with E-state index in [2.05, 4.69) is 100 Å². The molecule has 31 heavy (non-hydrogen) atoms. The van der Waals surface area contributed by atoms with Gasteiger partial charge in [0.1, 0.15) is 8.83 Å². The summed E-state index contributed by atoms with van der Waals surface area (Å²) in [6, 6.07) is 3.03. The molecule has 2 saturated carbocycles. The Kier molecular flexibility index (Phi) is 6.50. The lowest BCUT2D eigenvalue weighted by molar-refractivity contribution is -0.160. The van der Waals surface area contributed by atoms with Crippen LogP contribution in [0.4, 0.5) is 0 Å². The summed E-state index contributed by atoms with van der Waals surface area (Å²) in [6.07, 6.45) is 1.42. The van der Waals surface area contributed by atoms with Gasteiger partial charge in [-0.05, 0) is 56.5 Å². The molecule has 0 bridgehead atoms. The van der Waals surface area contributed by atoms with E-state index in [-0.39, 0.29) is 26.1 Å². The summed E-state index contributed by atoms with van der Waals surface area (Å²) >= 11 is 7.99. The molecule has 0 aromatic heterocycles. The number of hydrogen-bond acceptors (Lipinski definition) is 4. The molecule has 2 unspecified atom stereocenters. The summed E-state index contributed by atoms with van der Waals surface area (Å²) in [5, 5.41) is 0.0834. The van der Waals surface area contributed by atoms with Crippen LogP contribution in [-0.4, -0.2) is 42.6 Å². The number of hydrogen-bond donors (Lipinski definition) is 0. The number of carbonyl (C=O) groups is 1. The van der Waals surface area contributed by atoms with Crippen LogP contribution < -0.4 is 0 Å². The maximum atomic E-state index is 13.7. The third-order valence-corrected chi connectivity index (χ3v) is 20.8. The normalized spacial score (nSPS) is 36.6. The predicted molar refractivity (Wildman–Crippen MR) is 139 cm³/mol. The Morgan fingerprint density at radius 3 is 2.00 bits per heavy atom. The number of rotatable bonds is 7. The van der Waals surface area contributed by atoms with E-state index in [9.17, 15) is 4.79 Å². The van der Waals surface area contributed by atoms with Crippen LogP contribution in [0.2, 0.25) is 36.3 Å². The van der Waals surface area contributed by atoms with Crippen LogP contribution in [0.5, 0.6) is 0 Å². The van der Waals surface area contributed by atoms with Crippen LogP contribution in [-0.2, 0) is 18.4 Å². The Balaban J connectivity index is 2.10. The maximum Gasteiger partial charge on any atom is 0.338 e. The van der Waals surface area contributed by atoms with Crippen molar-refractivity contribution in [1.29, 1.82) is 0 Å². The zero-order chi connectivity index (χ0) is 23.9. The van der Waals surface area contributed by atoms with Crippen molar-refractivity contribution in [2.45, 2.75) is 125 Å². The van der Waals surface area contributed by atoms with E-state index in [0.717, 1.165) is 24.6 Å². The molecule has 2 aliphatic carbocycles. The van der Waals surface area contributed by atoms with Crippen LogP contribution in [0.1, 0.15) is 68.2 Å². The highest BCUT2D eigenvalue weighted by molar-refractivity contribution is 9.25. The third kappa shape index (κ3) is 3.72. The lowest BCUT2D eigenvalue weighted by Gasteiger charge is -2.49. The first-order valence-corrected chi connectivity index (χ1v) is 18.9. The zero-order valence-corrected chi connectivity index (χ0v) is 26.3. The van der Waals surface area contributed by atoms with Gasteiger partial charge in [0.2, 0.25) is 0 Å². The number of cyclic esters (lactones) is 1. The molecule has 0 aromatic carbocycles. The Bertz CT molecular complexity index is 736. The molecule has 0 spiro atoms. The fraction of sp³-hybridized carbons (Fsp3) is 0.957. The van der Waals surface area contributed by atoms with Crippen molar-refractivity contribution >= 4 is 54.5 Å². The van der Waals surface area contributed by atoms with Crippen LogP contribution >= 0.6 is 31.9 Å². The molecule has 3 aliphatic rings. The number of alkyl halides is 2. The Labute approximate surface area is 208 Å². The second-order valence-electron chi connectivity index (χ2n) is 12.1. The van der Waals surface area contributed by atoms with Gasteiger partial charge in [0.25, 0.3) is 0 Å². The van der Waals surface area contributed by atoms with E-state index in [1.54, 1.807) is 0 Å². The minimum absolute atomic E-state index is 0.0298. The molecule has 8 heteroatoms. The molecule has 4 atom stereocenters. The number of ether oxygens (including phenoxy) is 1. The van der Waals surface area contributed by atoms with Crippen molar-refractivity contribution in [3.63, 3.8) is 0 Å². The maximum absolute atomic E-state index is 13.7. The van der Waals surface area contributed by atoms with E-state index in [0.29, 0.717) is 6.42 Å². The van der Waals surface area contributed by atoms with Gasteiger partial charge >= 0.3 is 5.97 Å².